The van der Waals surface area contributed by atoms with Crippen molar-refractivity contribution < 1.29 is 18.8 Å². The van der Waals surface area contributed by atoms with Crippen LogP contribution in [0.15, 0.2) is 48.5 Å². The van der Waals surface area contributed by atoms with E-state index in [1.165, 1.54) is 21.7 Å². The van der Waals surface area contributed by atoms with Crippen molar-refractivity contribution in [1.29, 1.82) is 0 Å². The van der Waals surface area contributed by atoms with Crippen LogP contribution in [0.4, 0.5) is 4.39 Å². The van der Waals surface area contributed by atoms with Crippen molar-refractivity contribution in [2.45, 2.75) is 13.5 Å². The van der Waals surface area contributed by atoms with Crippen molar-refractivity contribution >= 4 is 28.6 Å². The van der Waals surface area contributed by atoms with Crippen LogP contribution in [0.3, 0.4) is 0 Å². The Bertz CT molecular complexity index is 1490. The minimum atomic E-state index is -0.887. The van der Waals surface area contributed by atoms with Gasteiger partial charge in [0, 0.05) is 30.6 Å². The first kappa shape index (κ1) is 23.6. The molecule has 0 saturated carbocycles. The molecule has 3 amide bonds. The largest absolute Gasteiger partial charge is 0.366 e. The lowest BCUT2D eigenvalue weighted by atomic mass is 9.92. The topological polar surface area (TPSA) is 137 Å². The summed E-state index contributed by atoms with van der Waals surface area (Å²) in [6.45, 7) is 1.78. The summed E-state index contributed by atoms with van der Waals surface area (Å²) < 4.78 is 14.9. The van der Waals surface area contributed by atoms with Gasteiger partial charge in [-0.05, 0) is 30.7 Å². The predicted molar refractivity (Wildman–Crippen MR) is 128 cm³/mol. The molecule has 0 aliphatic carbocycles. The first-order valence-electron chi connectivity index (χ1n) is 10.7. The Hall–Kier alpha value is -4.60. The molecular weight excluding hydrogens is 451 g/mol. The van der Waals surface area contributed by atoms with Gasteiger partial charge in [-0.15, -0.1) is 0 Å². The summed E-state index contributed by atoms with van der Waals surface area (Å²) in [4.78, 5) is 44.4. The average molecular weight is 474 g/mol. The van der Waals surface area contributed by atoms with Crippen molar-refractivity contribution in [3.8, 4) is 11.1 Å². The number of nitrogens with two attached hydrogens (primary N) is 2. The average Bonchev–Trinajstić information content (AvgIpc) is 3.13. The number of hydrogen-bond donors (Lipinski definition) is 2. The number of carbonyl (C=O) groups is 3. The maximum Gasteiger partial charge on any atom is 0.272 e. The monoisotopic (exact) mass is 474 g/mol. The van der Waals surface area contributed by atoms with Crippen LogP contribution in [0, 0.1) is 12.7 Å². The number of hydrogen-bond acceptors (Lipinski definition) is 5. The number of carbonyl (C=O) groups excluding carboxylic acids is 3. The molecule has 4 N–H and O–H groups in total. The second-order valence-corrected chi connectivity index (χ2v) is 8.25. The van der Waals surface area contributed by atoms with E-state index in [1.54, 1.807) is 57.4 Å². The number of fused-ring (bicyclic) bond motifs is 1. The number of nitrogens with zero attached hydrogens (tertiary/aromatic N) is 4. The molecule has 0 aliphatic heterocycles. The fourth-order valence-corrected chi connectivity index (χ4v) is 4.08. The standard InChI is InChI=1S/C25H23FN6O3/c1-13-18(20-19(23(27)33)16-6-4-5-7-17(16)29-21(20)24(28)34)22(25(35)31(2)3)32(30-13)12-14-8-10-15(26)11-9-14/h4-11H,12H2,1-3H3,(H2,27,33)(H2,28,34). The molecule has 0 unspecified atom stereocenters. The van der Waals surface area contributed by atoms with Gasteiger partial charge in [0.25, 0.3) is 11.8 Å². The summed E-state index contributed by atoms with van der Waals surface area (Å²) in [5, 5.41) is 4.94. The minimum Gasteiger partial charge on any atom is -0.366 e. The number of aromatic nitrogens is 3. The van der Waals surface area contributed by atoms with Gasteiger partial charge >= 0.3 is 0 Å². The second-order valence-electron chi connectivity index (χ2n) is 8.25. The van der Waals surface area contributed by atoms with Crippen LogP contribution in [0.25, 0.3) is 22.0 Å². The Balaban J connectivity index is 2.10. The first-order valence-corrected chi connectivity index (χ1v) is 10.7. The molecule has 0 fully saturated rings. The van der Waals surface area contributed by atoms with Crippen molar-refractivity contribution in [1.82, 2.24) is 19.7 Å². The molecule has 4 aromatic rings. The second kappa shape index (κ2) is 8.98. The van der Waals surface area contributed by atoms with Crippen molar-refractivity contribution in [3.63, 3.8) is 0 Å². The highest BCUT2D eigenvalue weighted by Gasteiger charge is 2.31. The molecule has 2 heterocycles. The summed E-state index contributed by atoms with van der Waals surface area (Å²) in [6.07, 6.45) is 0. The maximum absolute atomic E-state index is 13.4. The fraction of sp³-hybridized carbons (Fsp3) is 0.160. The number of benzene rings is 2. The third kappa shape index (κ3) is 4.21. The molecule has 0 spiro atoms. The minimum absolute atomic E-state index is 0.0154. The number of para-hydroxylation sites is 1. The molecule has 0 bridgehead atoms. The first-order chi connectivity index (χ1) is 16.6. The van der Waals surface area contributed by atoms with Gasteiger partial charge in [-0.25, -0.2) is 9.37 Å². The van der Waals surface area contributed by atoms with Gasteiger partial charge in [-0.3, -0.25) is 19.1 Å². The number of amides is 3. The third-order valence-corrected chi connectivity index (χ3v) is 5.60. The lowest BCUT2D eigenvalue weighted by molar-refractivity contribution is 0.0815. The van der Waals surface area contributed by atoms with Gasteiger partial charge < -0.3 is 16.4 Å². The van der Waals surface area contributed by atoms with E-state index in [0.717, 1.165) is 0 Å². The molecule has 35 heavy (non-hydrogen) atoms. The smallest absolute Gasteiger partial charge is 0.272 e. The zero-order chi connectivity index (χ0) is 25.4. The normalized spacial score (nSPS) is 11.0. The van der Waals surface area contributed by atoms with Gasteiger partial charge in [0.15, 0.2) is 0 Å². The Labute approximate surface area is 200 Å². The van der Waals surface area contributed by atoms with Gasteiger partial charge in [-0.1, -0.05) is 30.3 Å². The van der Waals surface area contributed by atoms with Gasteiger partial charge in [-0.2, -0.15) is 5.10 Å². The number of pyridine rings is 1. The fourth-order valence-electron chi connectivity index (χ4n) is 4.08. The quantitative estimate of drug-likeness (QED) is 0.442. The molecule has 178 valence electrons. The molecule has 0 aliphatic rings. The zero-order valence-corrected chi connectivity index (χ0v) is 19.4. The highest BCUT2D eigenvalue weighted by atomic mass is 19.1. The lowest BCUT2D eigenvalue weighted by Gasteiger charge is -2.17. The predicted octanol–water partition coefficient (Wildman–Crippen LogP) is 2.49. The van der Waals surface area contributed by atoms with Crippen LogP contribution in [0.2, 0.25) is 0 Å². The number of aryl methyl sites for hydroxylation is 1. The Morgan fingerprint density at radius 1 is 0.971 bits per heavy atom. The molecule has 0 radical (unpaired) electrons. The van der Waals surface area contributed by atoms with Crippen LogP contribution < -0.4 is 11.5 Å². The summed E-state index contributed by atoms with van der Waals surface area (Å²) >= 11 is 0. The molecular formula is C25H23FN6O3. The van der Waals surface area contributed by atoms with E-state index >= 15 is 0 Å². The van der Waals surface area contributed by atoms with E-state index in [1.807, 2.05) is 0 Å². The molecule has 2 aromatic heterocycles. The SMILES string of the molecule is Cc1nn(Cc2ccc(F)cc2)c(C(=O)N(C)C)c1-c1c(C(N)=O)nc2ccccc2c1C(N)=O. The molecule has 0 atom stereocenters. The molecule has 4 rings (SSSR count). The van der Waals surface area contributed by atoms with Crippen LogP contribution >= 0.6 is 0 Å². The Morgan fingerprint density at radius 2 is 1.63 bits per heavy atom. The molecule has 0 saturated heterocycles. The molecule has 2 aromatic carbocycles. The third-order valence-electron chi connectivity index (χ3n) is 5.60. The molecule has 9 nitrogen and oxygen atoms in total. The van der Waals surface area contributed by atoms with Gasteiger partial charge in [0.05, 0.1) is 23.3 Å². The van der Waals surface area contributed by atoms with E-state index in [2.05, 4.69) is 10.1 Å². The maximum atomic E-state index is 13.4. The Kier molecular flexibility index (Phi) is 6.04. The van der Waals surface area contributed by atoms with Crippen LogP contribution in [-0.4, -0.2) is 51.5 Å². The van der Waals surface area contributed by atoms with E-state index in [-0.39, 0.29) is 34.6 Å². The number of halogens is 1. The summed E-state index contributed by atoms with van der Waals surface area (Å²) in [5.74, 6) is -2.52. The molecule has 10 heteroatoms. The number of rotatable bonds is 6. The summed E-state index contributed by atoms with van der Waals surface area (Å²) in [7, 11) is 3.14. The lowest BCUT2D eigenvalue weighted by Crippen LogP contribution is -2.27. The van der Waals surface area contributed by atoms with Crippen molar-refractivity contribution in [2.75, 3.05) is 14.1 Å². The van der Waals surface area contributed by atoms with Crippen molar-refractivity contribution in [3.05, 3.63) is 82.6 Å². The van der Waals surface area contributed by atoms with E-state index < -0.39 is 23.5 Å². The summed E-state index contributed by atoms with van der Waals surface area (Å²) in [5.41, 5.74) is 13.1. The highest BCUT2D eigenvalue weighted by molar-refractivity contribution is 6.17. The van der Waals surface area contributed by atoms with E-state index in [9.17, 15) is 18.8 Å². The highest BCUT2D eigenvalue weighted by Crippen LogP contribution is 2.37. The van der Waals surface area contributed by atoms with Crippen molar-refractivity contribution in [2.24, 2.45) is 11.5 Å². The van der Waals surface area contributed by atoms with Gasteiger partial charge in [0.2, 0.25) is 5.91 Å². The van der Waals surface area contributed by atoms with E-state index in [0.29, 0.717) is 22.2 Å². The van der Waals surface area contributed by atoms with Crippen LogP contribution in [-0.2, 0) is 6.54 Å². The van der Waals surface area contributed by atoms with Gasteiger partial charge in [0.1, 0.15) is 17.2 Å². The Morgan fingerprint density at radius 3 is 2.23 bits per heavy atom. The number of primary amides is 2. The van der Waals surface area contributed by atoms with E-state index in [4.69, 9.17) is 11.5 Å². The van der Waals surface area contributed by atoms with Crippen LogP contribution in [0.5, 0.6) is 0 Å². The van der Waals surface area contributed by atoms with Crippen LogP contribution in [0.1, 0.15) is 42.6 Å². The summed E-state index contributed by atoms with van der Waals surface area (Å²) in [6, 6.07) is 12.5. The zero-order valence-electron chi connectivity index (χ0n) is 19.4.